The van der Waals surface area contributed by atoms with Crippen molar-refractivity contribution in [1.29, 1.82) is 0 Å². The van der Waals surface area contributed by atoms with E-state index in [1.807, 2.05) is 6.92 Å². The summed E-state index contributed by atoms with van der Waals surface area (Å²) in [4.78, 5) is 21.8. The lowest BCUT2D eigenvalue weighted by Gasteiger charge is -2.08. The van der Waals surface area contributed by atoms with Crippen molar-refractivity contribution < 1.29 is 14.5 Å². The number of carbonyl (C=O) groups is 1. The van der Waals surface area contributed by atoms with Crippen LogP contribution in [0.3, 0.4) is 0 Å². The van der Waals surface area contributed by atoms with Crippen LogP contribution in [0, 0.1) is 10.1 Å². The number of non-ortho nitro benzene ring substituents is 1. The van der Waals surface area contributed by atoms with Gasteiger partial charge in [0, 0.05) is 24.2 Å². The van der Waals surface area contributed by atoms with E-state index in [2.05, 4.69) is 5.32 Å². The molecule has 2 aromatic carbocycles. The predicted molar refractivity (Wildman–Crippen MR) is 87.8 cm³/mol. The predicted octanol–water partition coefficient (Wildman–Crippen LogP) is 4.52. The van der Waals surface area contributed by atoms with Crippen molar-refractivity contribution in [2.75, 3.05) is 5.32 Å². The first-order valence-corrected chi connectivity index (χ1v) is 7.40. The monoisotopic (exact) mass is 314 g/mol. The number of nitro benzene ring substituents is 1. The van der Waals surface area contributed by atoms with E-state index < -0.39 is 4.92 Å². The van der Waals surface area contributed by atoms with E-state index in [0.717, 1.165) is 12.8 Å². The molecule has 0 unspecified atom stereocenters. The van der Waals surface area contributed by atoms with E-state index >= 15 is 0 Å². The van der Waals surface area contributed by atoms with Crippen LogP contribution in [-0.2, 0) is 4.79 Å². The van der Waals surface area contributed by atoms with Crippen LogP contribution in [0.1, 0.15) is 26.2 Å². The molecule has 0 atom stereocenters. The number of hydrogen-bond acceptors (Lipinski definition) is 4. The van der Waals surface area contributed by atoms with Gasteiger partial charge in [0.05, 0.1) is 4.92 Å². The zero-order chi connectivity index (χ0) is 16.7. The van der Waals surface area contributed by atoms with Gasteiger partial charge in [-0.25, -0.2) is 0 Å². The van der Waals surface area contributed by atoms with Gasteiger partial charge in [0.1, 0.15) is 11.5 Å². The molecule has 23 heavy (non-hydrogen) atoms. The smallest absolute Gasteiger partial charge is 0.269 e. The SMILES string of the molecule is CCCCC(=O)Nc1ccc(Oc2ccc([N+](=O)[O-])cc2)cc1. The first-order chi connectivity index (χ1) is 11.1. The van der Waals surface area contributed by atoms with Crippen molar-refractivity contribution in [3.05, 3.63) is 58.6 Å². The second-order valence-electron chi connectivity index (χ2n) is 5.03. The molecule has 0 aromatic heterocycles. The van der Waals surface area contributed by atoms with E-state index in [9.17, 15) is 14.9 Å². The number of amides is 1. The normalized spacial score (nSPS) is 10.1. The van der Waals surface area contributed by atoms with Crippen LogP contribution in [-0.4, -0.2) is 10.8 Å². The largest absolute Gasteiger partial charge is 0.457 e. The zero-order valence-corrected chi connectivity index (χ0v) is 12.8. The maximum atomic E-state index is 11.6. The Labute approximate surface area is 134 Å². The molecule has 1 amide bonds. The van der Waals surface area contributed by atoms with Gasteiger partial charge in [-0.15, -0.1) is 0 Å². The van der Waals surface area contributed by atoms with Gasteiger partial charge in [0.25, 0.3) is 5.69 Å². The highest BCUT2D eigenvalue weighted by atomic mass is 16.6. The molecule has 1 N–H and O–H groups in total. The maximum Gasteiger partial charge on any atom is 0.269 e. The third-order valence-electron chi connectivity index (χ3n) is 3.18. The third-order valence-corrected chi connectivity index (χ3v) is 3.18. The van der Waals surface area contributed by atoms with E-state index in [4.69, 9.17) is 4.74 Å². The highest BCUT2D eigenvalue weighted by Crippen LogP contribution is 2.25. The Morgan fingerprint density at radius 3 is 2.17 bits per heavy atom. The number of ether oxygens (including phenoxy) is 1. The molecule has 0 aliphatic heterocycles. The number of benzene rings is 2. The minimum Gasteiger partial charge on any atom is -0.457 e. The number of carbonyl (C=O) groups excluding carboxylic acids is 1. The fourth-order valence-electron chi connectivity index (χ4n) is 1.94. The summed E-state index contributed by atoms with van der Waals surface area (Å²) >= 11 is 0. The summed E-state index contributed by atoms with van der Waals surface area (Å²) < 4.78 is 5.60. The molecule has 0 bridgehead atoms. The molecule has 2 aromatic rings. The van der Waals surface area contributed by atoms with E-state index in [1.54, 1.807) is 36.4 Å². The first kappa shape index (κ1) is 16.5. The van der Waals surface area contributed by atoms with Crippen LogP contribution in [0.5, 0.6) is 11.5 Å². The van der Waals surface area contributed by atoms with E-state index in [-0.39, 0.29) is 11.6 Å². The first-order valence-electron chi connectivity index (χ1n) is 7.40. The summed E-state index contributed by atoms with van der Waals surface area (Å²) in [6.07, 6.45) is 2.36. The van der Waals surface area contributed by atoms with Gasteiger partial charge >= 0.3 is 0 Å². The van der Waals surface area contributed by atoms with Gasteiger partial charge in [0.15, 0.2) is 0 Å². The van der Waals surface area contributed by atoms with Crippen LogP contribution in [0.4, 0.5) is 11.4 Å². The van der Waals surface area contributed by atoms with Crippen molar-refractivity contribution in [2.24, 2.45) is 0 Å². The summed E-state index contributed by atoms with van der Waals surface area (Å²) in [5, 5.41) is 13.4. The van der Waals surface area contributed by atoms with Gasteiger partial charge < -0.3 is 10.1 Å². The highest BCUT2D eigenvalue weighted by Gasteiger charge is 2.06. The van der Waals surface area contributed by atoms with Gasteiger partial charge in [-0.3, -0.25) is 14.9 Å². The van der Waals surface area contributed by atoms with E-state index in [0.29, 0.717) is 23.6 Å². The van der Waals surface area contributed by atoms with Crippen molar-refractivity contribution in [3.8, 4) is 11.5 Å². The van der Waals surface area contributed by atoms with Crippen molar-refractivity contribution in [1.82, 2.24) is 0 Å². The van der Waals surface area contributed by atoms with Gasteiger partial charge in [-0.2, -0.15) is 0 Å². The fourth-order valence-corrected chi connectivity index (χ4v) is 1.94. The number of nitrogens with zero attached hydrogens (tertiary/aromatic N) is 1. The topological polar surface area (TPSA) is 81.5 Å². The molecule has 6 nitrogen and oxygen atoms in total. The number of nitrogens with one attached hydrogen (secondary N) is 1. The maximum absolute atomic E-state index is 11.6. The lowest BCUT2D eigenvalue weighted by molar-refractivity contribution is -0.384. The lowest BCUT2D eigenvalue weighted by atomic mass is 10.2. The van der Waals surface area contributed by atoms with Gasteiger partial charge in [0.2, 0.25) is 5.91 Å². The number of hydrogen-bond donors (Lipinski definition) is 1. The lowest BCUT2D eigenvalue weighted by Crippen LogP contribution is -2.10. The molecule has 6 heteroatoms. The molecule has 2 rings (SSSR count). The molecule has 0 aliphatic rings. The molecule has 0 saturated carbocycles. The van der Waals surface area contributed by atoms with E-state index in [1.165, 1.54) is 12.1 Å². The van der Waals surface area contributed by atoms with Gasteiger partial charge in [-0.05, 0) is 42.8 Å². The second-order valence-corrected chi connectivity index (χ2v) is 5.03. The molecule has 120 valence electrons. The molecule has 0 radical (unpaired) electrons. The number of nitro groups is 1. The standard InChI is InChI=1S/C17H18N2O4/c1-2-3-4-17(20)18-13-5-9-15(10-6-13)23-16-11-7-14(8-12-16)19(21)22/h5-12H,2-4H2,1H3,(H,18,20). The van der Waals surface area contributed by atoms with Gasteiger partial charge in [-0.1, -0.05) is 13.3 Å². The average Bonchev–Trinajstić information content (AvgIpc) is 2.55. The minimum atomic E-state index is -0.459. The zero-order valence-electron chi connectivity index (χ0n) is 12.8. The number of unbranched alkanes of at least 4 members (excludes halogenated alkanes) is 1. The Morgan fingerprint density at radius 1 is 1.09 bits per heavy atom. The van der Waals surface area contributed by atoms with Crippen molar-refractivity contribution in [3.63, 3.8) is 0 Å². The fraction of sp³-hybridized carbons (Fsp3) is 0.235. The molecular formula is C17H18N2O4. The summed E-state index contributed by atoms with van der Waals surface area (Å²) in [5.74, 6) is 1.09. The number of rotatable bonds is 7. The molecule has 0 fully saturated rings. The Kier molecular flexibility index (Phi) is 5.68. The highest BCUT2D eigenvalue weighted by molar-refractivity contribution is 5.90. The summed E-state index contributed by atoms with van der Waals surface area (Å²) in [5.41, 5.74) is 0.727. The second kappa shape index (κ2) is 7.93. The number of anilines is 1. The van der Waals surface area contributed by atoms with Crippen LogP contribution < -0.4 is 10.1 Å². The third kappa shape index (κ3) is 5.10. The van der Waals surface area contributed by atoms with Crippen LogP contribution in [0.25, 0.3) is 0 Å². The Hall–Kier alpha value is -2.89. The average molecular weight is 314 g/mol. The Balaban J connectivity index is 1.94. The summed E-state index contributed by atoms with van der Waals surface area (Å²) in [7, 11) is 0. The molecule has 0 spiro atoms. The summed E-state index contributed by atoms with van der Waals surface area (Å²) in [6, 6.07) is 12.8. The van der Waals surface area contributed by atoms with Crippen molar-refractivity contribution >= 4 is 17.3 Å². The molecule has 0 aliphatic carbocycles. The minimum absolute atomic E-state index is 0.00381. The Morgan fingerprint density at radius 2 is 1.65 bits per heavy atom. The van der Waals surface area contributed by atoms with Crippen molar-refractivity contribution in [2.45, 2.75) is 26.2 Å². The molecular weight excluding hydrogens is 296 g/mol. The molecule has 0 heterocycles. The summed E-state index contributed by atoms with van der Waals surface area (Å²) in [6.45, 7) is 2.04. The van der Waals surface area contributed by atoms with Crippen LogP contribution in [0.15, 0.2) is 48.5 Å². The molecule has 0 saturated heterocycles. The van der Waals surface area contributed by atoms with Crippen LogP contribution in [0.2, 0.25) is 0 Å². The quantitative estimate of drug-likeness (QED) is 0.602. The Bertz CT molecular complexity index is 666. The van der Waals surface area contributed by atoms with Crippen LogP contribution >= 0.6 is 0 Å².